The Hall–Kier alpha value is -1.52. The fourth-order valence-electron chi connectivity index (χ4n) is 1.32. The predicted octanol–water partition coefficient (Wildman–Crippen LogP) is 1.20. The maximum atomic E-state index is 11.1. The largest absolute Gasteiger partial charge is 0.490 e. The fraction of sp³-hybridized carbons (Fsp3) is 0.636. The average Bonchev–Trinajstić information content (AvgIpc) is 2.67. The minimum atomic E-state index is 0.0171. The van der Waals surface area contributed by atoms with Crippen LogP contribution in [0.5, 0.6) is 5.75 Å². The van der Waals surface area contributed by atoms with Gasteiger partial charge in [-0.05, 0) is 13.3 Å². The van der Waals surface area contributed by atoms with Crippen molar-refractivity contribution in [3.8, 4) is 5.75 Å². The van der Waals surface area contributed by atoms with Gasteiger partial charge in [0, 0.05) is 13.1 Å². The fourth-order valence-corrected chi connectivity index (χ4v) is 1.32. The van der Waals surface area contributed by atoms with E-state index >= 15 is 0 Å². The number of rotatable bonds is 7. The summed E-state index contributed by atoms with van der Waals surface area (Å²) in [6.45, 7) is 5.93. The zero-order chi connectivity index (χ0) is 11.8. The van der Waals surface area contributed by atoms with Crippen LogP contribution < -0.4 is 10.1 Å². The molecule has 16 heavy (non-hydrogen) atoms. The molecule has 0 saturated carbocycles. The second kappa shape index (κ2) is 6.87. The number of nitrogens with one attached hydrogen (secondary N) is 1. The van der Waals surface area contributed by atoms with Crippen molar-refractivity contribution in [2.45, 2.75) is 33.2 Å². The lowest BCUT2D eigenvalue weighted by atomic mass is 10.4. The first kappa shape index (κ1) is 12.5. The van der Waals surface area contributed by atoms with E-state index in [-0.39, 0.29) is 5.91 Å². The highest BCUT2D eigenvalue weighted by atomic mass is 16.5. The van der Waals surface area contributed by atoms with Crippen molar-refractivity contribution in [3.63, 3.8) is 0 Å². The minimum Gasteiger partial charge on any atom is -0.490 e. The number of hydrogen-bond acceptors (Lipinski definition) is 3. The summed E-state index contributed by atoms with van der Waals surface area (Å²) in [6, 6.07) is 0. The van der Waals surface area contributed by atoms with Gasteiger partial charge >= 0.3 is 0 Å². The molecule has 1 aromatic rings. The molecular formula is C11H19N3O2. The van der Waals surface area contributed by atoms with Crippen molar-refractivity contribution in [2.75, 3.05) is 13.2 Å². The van der Waals surface area contributed by atoms with Gasteiger partial charge < -0.3 is 10.1 Å². The van der Waals surface area contributed by atoms with Crippen molar-refractivity contribution in [1.29, 1.82) is 0 Å². The van der Waals surface area contributed by atoms with Crippen molar-refractivity contribution in [2.24, 2.45) is 0 Å². The van der Waals surface area contributed by atoms with Gasteiger partial charge in [0.05, 0.1) is 25.4 Å². The molecule has 0 aliphatic rings. The molecule has 1 heterocycles. The van der Waals surface area contributed by atoms with Crippen LogP contribution in [0.3, 0.4) is 0 Å². The summed E-state index contributed by atoms with van der Waals surface area (Å²) >= 11 is 0. The molecule has 1 amide bonds. The SMILES string of the molecule is CCCn1cc(OCCC(=O)NCC)cn1. The van der Waals surface area contributed by atoms with Gasteiger partial charge in [-0.1, -0.05) is 6.92 Å². The third-order valence-corrected chi connectivity index (χ3v) is 2.03. The summed E-state index contributed by atoms with van der Waals surface area (Å²) in [6.07, 6.45) is 4.95. The highest BCUT2D eigenvalue weighted by Gasteiger charge is 2.02. The lowest BCUT2D eigenvalue weighted by Crippen LogP contribution is -2.24. The van der Waals surface area contributed by atoms with Crippen LogP contribution >= 0.6 is 0 Å². The van der Waals surface area contributed by atoms with E-state index < -0.39 is 0 Å². The van der Waals surface area contributed by atoms with Crippen LogP contribution in [0.2, 0.25) is 0 Å². The highest BCUT2D eigenvalue weighted by Crippen LogP contribution is 2.08. The quantitative estimate of drug-likeness (QED) is 0.758. The molecule has 1 N–H and O–H groups in total. The van der Waals surface area contributed by atoms with Crippen molar-refractivity contribution in [1.82, 2.24) is 15.1 Å². The average molecular weight is 225 g/mol. The molecule has 0 fully saturated rings. The zero-order valence-electron chi connectivity index (χ0n) is 9.90. The van der Waals surface area contributed by atoms with E-state index in [0.29, 0.717) is 19.6 Å². The van der Waals surface area contributed by atoms with Gasteiger partial charge in [-0.2, -0.15) is 5.10 Å². The van der Waals surface area contributed by atoms with Gasteiger partial charge in [-0.25, -0.2) is 0 Å². The van der Waals surface area contributed by atoms with Crippen LogP contribution in [0.15, 0.2) is 12.4 Å². The zero-order valence-corrected chi connectivity index (χ0v) is 9.90. The van der Waals surface area contributed by atoms with Gasteiger partial charge in [0.15, 0.2) is 5.75 Å². The molecule has 0 radical (unpaired) electrons. The summed E-state index contributed by atoms with van der Waals surface area (Å²) in [4.78, 5) is 11.1. The van der Waals surface area contributed by atoms with Gasteiger partial charge in [0.25, 0.3) is 0 Å². The number of carbonyl (C=O) groups is 1. The van der Waals surface area contributed by atoms with Crippen LogP contribution in [0.4, 0.5) is 0 Å². The maximum absolute atomic E-state index is 11.1. The van der Waals surface area contributed by atoms with Gasteiger partial charge in [-0.3, -0.25) is 9.48 Å². The molecule has 1 rings (SSSR count). The van der Waals surface area contributed by atoms with E-state index in [4.69, 9.17) is 4.74 Å². The Morgan fingerprint density at radius 2 is 2.38 bits per heavy atom. The molecule has 0 atom stereocenters. The maximum Gasteiger partial charge on any atom is 0.223 e. The van der Waals surface area contributed by atoms with E-state index in [2.05, 4.69) is 17.3 Å². The molecule has 0 aliphatic heterocycles. The number of nitrogens with zero attached hydrogens (tertiary/aromatic N) is 2. The monoisotopic (exact) mass is 225 g/mol. The molecule has 5 nitrogen and oxygen atoms in total. The van der Waals surface area contributed by atoms with Crippen molar-refractivity contribution in [3.05, 3.63) is 12.4 Å². The lowest BCUT2D eigenvalue weighted by Gasteiger charge is -2.03. The first-order valence-electron chi connectivity index (χ1n) is 5.68. The molecule has 0 unspecified atom stereocenters. The Morgan fingerprint density at radius 1 is 1.56 bits per heavy atom. The molecule has 0 aliphatic carbocycles. The van der Waals surface area contributed by atoms with E-state index in [1.54, 1.807) is 6.20 Å². The van der Waals surface area contributed by atoms with E-state index in [0.717, 1.165) is 18.7 Å². The van der Waals surface area contributed by atoms with Gasteiger partial charge in [-0.15, -0.1) is 0 Å². The molecule has 90 valence electrons. The third-order valence-electron chi connectivity index (χ3n) is 2.03. The molecule has 0 bridgehead atoms. The summed E-state index contributed by atoms with van der Waals surface area (Å²) in [7, 11) is 0. The van der Waals surface area contributed by atoms with E-state index in [1.165, 1.54) is 0 Å². The molecule has 0 saturated heterocycles. The second-order valence-electron chi connectivity index (χ2n) is 3.49. The topological polar surface area (TPSA) is 56.1 Å². The van der Waals surface area contributed by atoms with Crippen LogP contribution in [-0.2, 0) is 11.3 Å². The van der Waals surface area contributed by atoms with Crippen LogP contribution in [-0.4, -0.2) is 28.8 Å². The van der Waals surface area contributed by atoms with Crippen molar-refractivity contribution >= 4 is 5.91 Å². The molecule has 5 heteroatoms. The summed E-state index contributed by atoms with van der Waals surface area (Å²) in [5, 5.41) is 6.85. The van der Waals surface area contributed by atoms with Crippen LogP contribution in [0.1, 0.15) is 26.7 Å². The molecule has 0 aromatic carbocycles. The van der Waals surface area contributed by atoms with E-state index in [9.17, 15) is 4.79 Å². The Morgan fingerprint density at radius 3 is 3.06 bits per heavy atom. The molecule has 1 aromatic heterocycles. The Balaban J connectivity index is 2.23. The number of hydrogen-bond donors (Lipinski definition) is 1. The number of aromatic nitrogens is 2. The highest BCUT2D eigenvalue weighted by molar-refractivity contribution is 5.75. The lowest BCUT2D eigenvalue weighted by molar-refractivity contribution is -0.121. The smallest absolute Gasteiger partial charge is 0.223 e. The number of ether oxygens (including phenoxy) is 1. The molecular weight excluding hydrogens is 206 g/mol. The Labute approximate surface area is 95.8 Å². The third kappa shape index (κ3) is 4.33. The summed E-state index contributed by atoms with van der Waals surface area (Å²) in [5.74, 6) is 0.737. The Kier molecular flexibility index (Phi) is 5.39. The number of amides is 1. The number of carbonyl (C=O) groups excluding carboxylic acids is 1. The first-order valence-corrected chi connectivity index (χ1v) is 5.68. The van der Waals surface area contributed by atoms with Crippen LogP contribution in [0.25, 0.3) is 0 Å². The first-order chi connectivity index (χ1) is 7.76. The second-order valence-corrected chi connectivity index (χ2v) is 3.49. The summed E-state index contributed by atoms with van der Waals surface area (Å²) in [5.41, 5.74) is 0. The molecule has 0 spiro atoms. The standard InChI is InChI=1S/C11H19N3O2/c1-3-6-14-9-10(8-13-14)16-7-5-11(15)12-4-2/h8-9H,3-7H2,1-2H3,(H,12,15). The summed E-state index contributed by atoms with van der Waals surface area (Å²) < 4.78 is 7.24. The predicted molar refractivity (Wildman–Crippen MR) is 61.3 cm³/mol. The van der Waals surface area contributed by atoms with Crippen molar-refractivity contribution < 1.29 is 9.53 Å². The van der Waals surface area contributed by atoms with E-state index in [1.807, 2.05) is 17.8 Å². The normalized spacial score (nSPS) is 10.1. The van der Waals surface area contributed by atoms with Gasteiger partial charge in [0.2, 0.25) is 5.91 Å². The number of aryl methyl sites for hydroxylation is 1. The van der Waals surface area contributed by atoms with Crippen LogP contribution in [0, 0.1) is 0 Å². The minimum absolute atomic E-state index is 0.0171. The van der Waals surface area contributed by atoms with Gasteiger partial charge in [0.1, 0.15) is 0 Å². The Bertz CT molecular complexity index is 323.